The van der Waals surface area contributed by atoms with Gasteiger partial charge >= 0.3 is 0 Å². The fraction of sp³-hybridized carbons (Fsp3) is 0.455. The number of aromatic nitrogens is 1. The number of carbonyl (C=O) groups is 1. The van der Waals surface area contributed by atoms with Gasteiger partial charge in [-0.1, -0.05) is 31.2 Å². The van der Waals surface area contributed by atoms with Crippen LogP contribution >= 0.6 is 0 Å². The Kier molecular flexibility index (Phi) is 4.31. The molecule has 1 amide bonds. The molecule has 0 saturated carbocycles. The lowest BCUT2D eigenvalue weighted by molar-refractivity contribution is -0.131. The van der Waals surface area contributed by atoms with E-state index in [-0.39, 0.29) is 17.5 Å². The minimum atomic E-state index is -0.368. The van der Waals surface area contributed by atoms with Crippen LogP contribution in [0.3, 0.4) is 0 Å². The molecule has 4 rings (SSSR count). The molecule has 2 aliphatic rings. The molecule has 4 heteroatoms. The second-order valence-corrected chi connectivity index (χ2v) is 7.77. The molecule has 2 atom stereocenters. The summed E-state index contributed by atoms with van der Waals surface area (Å²) in [6.07, 6.45) is 3.80. The van der Waals surface area contributed by atoms with Gasteiger partial charge in [0.15, 0.2) is 0 Å². The normalized spacial score (nSPS) is 25.4. The molecule has 1 spiro atoms. The molecule has 0 aliphatic carbocycles. The highest BCUT2D eigenvalue weighted by Gasteiger charge is 2.50. The van der Waals surface area contributed by atoms with Gasteiger partial charge in [0.2, 0.25) is 5.91 Å². The largest absolute Gasteiger partial charge is 0.344 e. The van der Waals surface area contributed by atoms with Crippen LogP contribution in [0.1, 0.15) is 49.2 Å². The highest BCUT2D eigenvalue weighted by Crippen LogP contribution is 2.39. The maximum Gasteiger partial charge on any atom is 0.242 e. The highest BCUT2D eigenvalue weighted by molar-refractivity contribution is 5.88. The zero-order chi connectivity index (χ0) is 18.3. The third-order valence-electron chi connectivity index (χ3n) is 5.94. The number of hydrogen-bond acceptors (Lipinski definition) is 3. The summed E-state index contributed by atoms with van der Waals surface area (Å²) in [6, 6.07) is 13.2. The Bertz CT molecular complexity index is 847. The van der Waals surface area contributed by atoms with Crippen molar-refractivity contribution in [3.05, 3.63) is 53.3 Å². The predicted molar refractivity (Wildman–Crippen MR) is 104 cm³/mol. The summed E-state index contributed by atoms with van der Waals surface area (Å²) in [5, 5.41) is 3.64. The van der Waals surface area contributed by atoms with Crippen LogP contribution in [0.2, 0.25) is 0 Å². The Morgan fingerprint density at radius 2 is 2.08 bits per heavy atom. The lowest BCUT2D eigenvalue weighted by Crippen LogP contribution is -2.47. The van der Waals surface area contributed by atoms with Gasteiger partial charge < -0.3 is 4.90 Å². The second-order valence-electron chi connectivity index (χ2n) is 7.77. The molecule has 136 valence electrons. The molecule has 0 bridgehead atoms. The van der Waals surface area contributed by atoms with Crippen molar-refractivity contribution >= 4 is 5.91 Å². The summed E-state index contributed by atoms with van der Waals surface area (Å²) in [6.45, 7) is 5.07. The average Bonchev–Trinajstić information content (AvgIpc) is 3.21. The number of carbonyl (C=O) groups excluding carboxylic acids is 1. The third kappa shape index (κ3) is 2.92. The van der Waals surface area contributed by atoms with E-state index in [1.807, 2.05) is 11.9 Å². The van der Waals surface area contributed by atoms with Gasteiger partial charge in [-0.15, -0.1) is 0 Å². The number of amides is 1. The molecular formula is C22H27N3O. The Labute approximate surface area is 155 Å². The lowest BCUT2D eigenvalue weighted by atomic mass is 9.96. The Morgan fingerprint density at radius 3 is 2.81 bits per heavy atom. The number of nitrogens with zero attached hydrogens (tertiary/aromatic N) is 2. The van der Waals surface area contributed by atoms with Crippen molar-refractivity contribution in [1.29, 1.82) is 0 Å². The molecule has 2 aliphatic heterocycles. The number of benzene rings is 1. The Hall–Kier alpha value is -2.20. The van der Waals surface area contributed by atoms with E-state index in [0.717, 1.165) is 43.6 Å². The van der Waals surface area contributed by atoms with Crippen LogP contribution in [0.25, 0.3) is 11.1 Å². The molecule has 2 fully saturated rings. The van der Waals surface area contributed by atoms with Crippen molar-refractivity contribution in [2.24, 2.45) is 0 Å². The van der Waals surface area contributed by atoms with Gasteiger partial charge in [0.1, 0.15) is 5.54 Å². The summed E-state index contributed by atoms with van der Waals surface area (Å²) in [4.78, 5) is 19.2. The standard InChI is InChI=1S/C22H27N3O/c1-4-16-6-5-7-17(13-16)18-12-15(2)23-20(14-18)19-8-9-22(24-19)10-11-25(3)21(22)26/h5-7,12-14,19,24H,4,8-11H2,1-3H3/t19-,22+/m1/s1. The van der Waals surface area contributed by atoms with E-state index in [1.54, 1.807) is 0 Å². The van der Waals surface area contributed by atoms with Crippen LogP contribution in [0.5, 0.6) is 0 Å². The van der Waals surface area contributed by atoms with Crippen molar-refractivity contribution in [3.8, 4) is 11.1 Å². The molecular weight excluding hydrogens is 322 g/mol. The Balaban J connectivity index is 1.64. The van der Waals surface area contributed by atoms with E-state index in [4.69, 9.17) is 4.98 Å². The SMILES string of the molecule is CCc1cccc(-c2cc(C)nc([C@H]3CC[C@@]4(CCN(C)C4=O)N3)c2)c1. The van der Waals surface area contributed by atoms with Crippen molar-refractivity contribution in [2.45, 2.75) is 51.1 Å². The van der Waals surface area contributed by atoms with Crippen LogP contribution in [0.15, 0.2) is 36.4 Å². The average molecular weight is 349 g/mol. The maximum atomic E-state index is 12.6. The van der Waals surface area contributed by atoms with E-state index in [0.29, 0.717) is 0 Å². The molecule has 3 heterocycles. The van der Waals surface area contributed by atoms with Crippen LogP contribution in [-0.4, -0.2) is 34.9 Å². The zero-order valence-corrected chi connectivity index (χ0v) is 15.9. The van der Waals surface area contributed by atoms with E-state index < -0.39 is 0 Å². The van der Waals surface area contributed by atoms with Gasteiger partial charge in [0, 0.05) is 19.3 Å². The number of aryl methyl sites for hydroxylation is 2. The molecule has 4 nitrogen and oxygen atoms in total. The van der Waals surface area contributed by atoms with Crippen LogP contribution < -0.4 is 5.32 Å². The maximum absolute atomic E-state index is 12.6. The minimum absolute atomic E-state index is 0.151. The molecule has 1 aromatic carbocycles. The lowest BCUT2D eigenvalue weighted by Gasteiger charge is -2.23. The Morgan fingerprint density at radius 1 is 1.23 bits per heavy atom. The summed E-state index contributed by atoms with van der Waals surface area (Å²) in [7, 11) is 1.90. The first-order valence-corrected chi connectivity index (χ1v) is 9.62. The zero-order valence-electron chi connectivity index (χ0n) is 15.9. The van der Waals surface area contributed by atoms with Gasteiger partial charge in [-0.2, -0.15) is 0 Å². The monoisotopic (exact) mass is 349 g/mol. The molecule has 0 unspecified atom stereocenters. The van der Waals surface area contributed by atoms with Gasteiger partial charge in [0.05, 0.1) is 11.7 Å². The second kappa shape index (κ2) is 6.51. The van der Waals surface area contributed by atoms with E-state index >= 15 is 0 Å². The van der Waals surface area contributed by atoms with Crippen molar-refractivity contribution in [2.75, 3.05) is 13.6 Å². The van der Waals surface area contributed by atoms with Gasteiger partial charge in [-0.05, 0) is 61.4 Å². The first-order valence-electron chi connectivity index (χ1n) is 9.62. The number of nitrogens with one attached hydrogen (secondary N) is 1. The fourth-order valence-corrected chi connectivity index (χ4v) is 4.40. The topological polar surface area (TPSA) is 45.2 Å². The third-order valence-corrected chi connectivity index (χ3v) is 5.94. The molecule has 2 saturated heterocycles. The number of likely N-dealkylation sites (N-methyl/N-ethyl adjacent to an activating group) is 1. The highest BCUT2D eigenvalue weighted by atomic mass is 16.2. The predicted octanol–water partition coefficient (Wildman–Crippen LogP) is 3.64. The summed E-state index contributed by atoms with van der Waals surface area (Å²) in [5.41, 5.74) is 5.50. The van der Waals surface area contributed by atoms with Crippen molar-refractivity contribution in [3.63, 3.8) is 0 Å². The van der Waals surface area contributed by atoms with E-state index in [9.17, 15) is 4.79 Å². The first-order chi connectivity index (χ1) is 12.5. The quantitative estimate of drug-likeness (QED) is 0.920. The molecule has 2 aromatic rings. The summed E-state index contributed by atoms with van der Waals surface area (Å²) < 4.78 is 0. The van der Waals surface area contributed by atoms with Crippen molar-refractivity contribution in [1.82, 2.24) is 15.2 Å². The van der Waals surface area contributed by atoms with E-state index in [2.05, 4.69) is 55.6 Å². The first kappa shape index (κ1) is 17.2. The smallest absolute Gasteiger partial charge is 0.242 e. The van der Waals surface area contributed by atoms with Gasteiger partial charge in [-0.3, -0.25) is 15.1 Å². The molecule has 0 radical (unpaired) electrons. The number of hydrogen-bond donors (Lipinski definition) is 1. The number of likely N-dealkylation sites (tertiary alicyclic amines) is 1. The molecule has 1 aromatic heterocycles. The molecule has 1 N–H and O–H groups in total. The number of rotatable bonds is 3. The van der Waals surface area contributed by atoms with Crippen LogP contribution in [0, 0.1) is 6.92 Å². The van der Waals surface area contributed by atoms with Gasteiger partial charge in [-0.25, -0.2) is 0 Å². The van der Waals surface area contributed by atoms with Crippen LogP contribution in [0.4, 0.5) is 0 Å². The van der Waals surface area contributed by atoms with Gasteiger partial charge in [0.25, 0.3) is 0 Å². The van der Waals surface area contributed by atoms with Crippen LogP contribution in [-0.2, 0) is 11.2 Å². The fourth-order valence-electron chi connectivity index (χ4n) is 4.40. The van der Waals surface area contributed by atoms with Crippen molar-refractivity contribution < 1.29 is 4.79 Å². The number of pyridine rings is 1. The minimum Gasteiger partial charge on any atom is -0.344 e. The summed E-state index contributed by atoms with van der Waals surface area (Å²) in [5.74, 6) is 0.239. The summed E-state index contributed by atoms with van der Waals surface area (Å²) >= 11 is 0. The molecule has 26 heavy (non-hydrogen) atoms. The van der Waals surface area contributed by atoms with E-state index in [1.165, 1.54) is 16.7 Å².